The highest BCUT2D eigenvalue weighted by Gasteiger charge is 2.20. The fourth-order valence-electron chi connectivity index (χ4n) is 2.60. The summed E-state index contributed by atoms with van der Waals surface area (Å²) < 4.78 is 5.08. The molecule has 0 saturated carbocycles. The van der Waals surface area contributed by atoms with Crippen molar-refractivity contribution in [1.82, 2.24) is 0 Å². The third-order valence-corrected chi connectivity index (χ3v) is 4.53. The van der Waals surface area contributed by atoms with E-state index in [1.165, 1.54) is 0 Å². The fourth-order valence-corrected chi connectivity index (χ4v) is 2.60. The van der Waals surface area contributed by atoms with Crippen molar-refractivity contribution >= 4 is 5.97 Å². The Kier molecular flexibility index (Phi) is 20.9. The SMILES string of the molecule is CCC=CCC=CCC=CCC=CCC=CCC=CCC(CC)C(=O)OC(CO)CO. The minimum atomic E-state index is -0.827. The fraction of sp³-hybridized carbons (Fsp3) is 0.519. The van der Waals surface area contributed by atoms with E-state index in [0.29, 0.717) is 12.8 Å². The Morgan fingerprint density at radius 2 is 1.06 bits per heavy atom. The van der Waals surface area contributed by atoms with Crippen LogP contribution in [0.25, 0.3) is 0 Å². The molecule has 174 valence electrons. The summed E-state index contributed by atoms with van der Waals surface area (Å²) in [6.45, 7) is 3.35. The Morgan fingerprint density at radius 1 is 0.677 bits per heavy atom. The maximum absolute atomic E-state index is 12.0. The molecule has 4 heteroatoms. The molecule has 1 unspecified atom stereocenters. The molecule has 0 aliphatic rings. The van der Waals surface area contributed by atoms with Gasteiger partial charge in [0.15, 0.2) is 0 Å². The third kappa shape index (κ3) is 18.3. The highest BCUT2D eigenvalue weighted by atomic mass is 16.6. The molecule has 0 aliphatic heterocycles. The number of carbonyl (C=O) groups excluding carboxylic acids is 1. The van der Waals surface area contributed by atoms with E-state index in [-0.39, 0.29) is 25.1 Å². The van der Waals surface area contributed by atoms with Crippen LogP contribution < -0.4 is 0 Å². The Labute approximate surface area is 189 Å². The number of aliphatic hydroxyl groups is 2. The molecule has 0 spiro atoms. The number of carbonyl (C=O) groups is 1. The second-order valence-electron chi connectivity index (χ2n) is 7.18. The van der Waals surface area contributed by atoms with Gasteiger partial charge >= 0.3 is 5.97 Å². The number of esters is 1. The summed E-state index contributed by atoms with van der Waals surface area (Å²) in [6.07, 6.45) is 32.0. The van der Waals surface area contributed by atoms with Gasteiger partial charge in [-0.25, -0.2) is 0 Å². The lowest BCUT2D eigenvalue weighted by Crippen LogP contribution is -2.29. The minimum absolute atomic E-state index is 0.245. The van der Waals surface area contributed by atoms with Crippen molar-refractivity contribution in [3.05, 3.63) is 72.9 Å². The summed E-state index contributed by atoms with van der Waals surface area (Å²) in [5.74, 6) is -0.611. The van der Waals surface area contributed by atoms with E-state index in [4.69, 9.17) is 14.9 Å². The highest BCUT2D eigenvalue weighted by molar-refractivity contribution is 5.72. The summed E-state index contributed by atoms with van der Waals surface area (Å²) >= 11 is 0. The number of hydrogen-bond acceptors (Lipinski definition) is 4. The van der Waals surface area contributed by atoms with Crippen LogP contribution in [-0.4, -0.2) is 35.5 Å². The predicted molar refractivity (Wildman–Crippen MR) is 131 cm³/mol. The number of ether oxygens (including phenoxy) is 1. The lowest BCUT2D eigenvalue weighted by Gasteiger charge is -2.17. The van der Waals surface area contributed by atoms with E-state index in [1.54, 1.807) is 0 Å². The molecule has 2 N–H and O–H groups in total. The molecule has 0 aliphatic carbocycles. The van der Waals surface area contributed by atoms with Gasteiger partial charge in [0, 0.05) is 0 Å². The number of rotatable bonds is 18. The summed E-state index contributed by atoms with van der Waals surface area (Å²) in [6, 6.07) is 0. The molecule has 0 aromatic heterocycles. The lowest BCUT2D eigenvalue weighted by atomic mass is 10.0. The summed E-state index contributed by atoms with van der Waals surface area (Å²) in [7, 11) is 0. The first-order valence-corrected chi connectivity index (χ1v) is 11.5. The van der Waals surface area contributed by atoms with Gasteiger partial charge in [-0.05, 0) is 51.4 Å². The first kappa shape index (κ1) is 28.8. The first-order valence-electron chi connectivity index (χ1n) is 11.5. The van der Waals surface area contributed by atoms with Crippen LogP contribution in [0.3, 0.4) is 0 Å². The molecular weight excluding hydrogens is 388 g/mol. The summed E-state index contributed by atoms with van der Waals surface area (Å²) in [5, 5.41) is 18.0. The van der Waals surface area contributed by atoms with Crippen molar-refractivity contribution in [1.29, 1.82) is 0 Å². The van der Waals surface area contributed by atoms with E-state index >= 15 is 0 Å². The molecule has 31 heavy (non-hydrogen) atoms. The standard InChI is InChI=1S/C27H42O4/c1-3-5-6-7-8-9-10-11-12-13-14-15-16-17-18-19-20-21-22-25(4-2)27(30)31-26(23-28)24-29/h5-6,8-9,11-12,14-15,17-18,20-21,25-26,28-29H,3-4,7,10,13,16,19,22-24H2,1-2H3. The quantitative estimate of drug-likeness (QED) is 0.207. The average molecular weight is 431 g/mol. The Morgan fingerprint density at radius 3 is 1.42 bits per heavy atom. The van der Waals surface area contributed by atoms with Gasteiger partial charge in [-0.3, -0.25) is 4.79 Å². The lowest BCUT2D eigenvalue weighted by molar-refractivity contribution is -0.158. The molecule has 0 saturated heterocycles. The van der Waals surface area contributed by atoms with Crippen LogP contribution in [0.15, 0.2) is 72.9 Å². The van der Waals surface area contributed by atoms with Crippen molar-refractivity contribution in [2.75, 3.05) is 13.2 Å². The zero-order chi connectivity index (χ0) is 23.0. The molecule has 0 amide bonds. The zero-order valence-corrected chi connectivity index (χ0v) is 19.4. The number of allylic oxidation sites excluding steroid dienone is 12. The summed E-state index contributed by atoms with van der Waals surface area (Å²) in [5.41, 5.74) is 0. The highest BCUT2D eigenvalue weighted by Crippen LogP contribution is 2.13. The second-order valence-corrected chi connectivity index (χ2v) is 7.18. The molecule has 0 aromatic rings. The largest absolute Gasteiger partial charge is 0.457 e. The van der Waals surface area contributed by atoms with Crippen LogP contribution in [0.1, 0.15) is 65.2 Å². The molecule has 1 atom stereocenters. The smallest absolute Gasteiger partial charge is 0.309 e. The van der Waals surface area contributed by atoms with Gasteiger partial charge in [0.2, 0.25) is 0 Å². The zero-order valence-electron chi connectivity index (χ0n) is 19.4. The predicted octanol–water partition coefficient (Wildman–Crippen LogP) is 6.00. The Hall–Kier alpha value is -2.17. The average Bonchev–Trinajstić information content (AvgIpc) is 2.78. The van der Waals surface area contributed by atoms with Crippen LogP contribution in [-0.2, 0) is 9.53 Å². The maximum atomic E-state index is 12.0. The molecule has 0 radical (unpaired) electrons. The van der Waals surface area contributed by atoms with Crippen LogP contribution >= 0.6 is 0 Å². The molecule has 0 aromatic carbocycles. The van der Waals surface area contributed by atoms with E-state index in [2.05, 4.69) is 67.7 Å². The second kappa shape index (κ2) is 22.5. The monoisotopic (exact) mass is 430 g/mol. The maximum Gasteiger partial charge on any atom is 0.309 e. The van der Waals surface area contributed by atoms with E-state index in [9.17, 15) is 4.79 Å². The van der Waals surface area contributed by atoms with Crippen molar-refractivity contribution in [3.8, 4) is 0 Å². The molecule has 0 fully saturated rings. The molecule has 0 heterocycles. The number of hydrogen-bond donors (Lipinski definition) is 2. The van der Waals surface area contributed by atoms with Gasteiger partial charge in [0.25, 0.3) is 0 Å². The van der Waals surface area contributed by atoms with Gasteiger partial charge in [-0.1, -0.05) is 86.8 Å². The molecule has 0 rings (SSSR count). The van der Waals surface area contributed by atoms with Crippen LogP contribution in [0, 0.1) is 5.92 Å². The van der Waals surface area contributed by atoms with Gasteiger partial charge in [0.1, 0.15) is 6.10 Å². The van der Waals surface area contributed by atoms with Crippen molar-refractivity contribution < 1.29 is 19.7 Å². The van der Waals surface area contributed by atoms with Crippen LogP contribution in [0.5, 0.6) is 0 Å². The molecule has 4 nitrogen and oxygen atoms in total. The van der Waals surface area contributed by atoms with Gasteiger partial charge < -0.3 is 14.9 Å². The van der Waals surface area contributed by atoms with Crippen LogP contribution in [0.4, 0.5) is 0 Å². The van der Waals surface area contributed by atoms with E-state index < -0.39 is 6.10 Å². The van der Waals surface area contributed by atoms with E-state index in [1.807, 2.05) is 19.1 Å². The van der Waals surface area contributed by atoms with E-state index in [0.717, 1.165) is 38.5 Å². The van der Waals surface area contributed by atoms with Crippen molar-refractivity contribution in [2.24, 2.45) is 5.92 Å². The molecular formula is C27H42O4. The van der Waals surface area contributed by atoms with Gasteiger partial charge in [0.05, 0.1) is 19.1 Å². The van der Waals surface area contributed by atoms with Crippen LogP contribution in [0.2, 0.25) is 0 Å². The van der Waals surface area contributed by atoms with Gasteiger partial charge in [-0.2, -0.15) is 0 Å². The van der Waals surface area contributed by atoms with Crippen molar-refractivity contribution in [3.63, 3.8) is 0 Å². The van der Waals surface area contributed by atoms with Gasteiger partial charge in [-0.15, -0.1) is 0 Å². The Bertz CT molecular complexity index is 592. The topological polar surface area (TPSA) is 66.8 Å². The third-order valence-electron chi connectivity index (χ3n) is 4.53. The first-order chi connectivity index (χ1) is 15.2. The Balaban J connectivity index is 3.88. The van der Waals surface area contributed by atoms with Crippen molar-refractivity contribution in [2.45, 2.75) is 71.3 Å². The molecule has 0 bridgehead atoms. The normalized spacial score (nSPS) is 14.0. The summed E-state index contributed by atoms with van der Waals surface area (Å²) in [4.78, 5) is 12.0. The number of aliphatic hydroxyl groups excluding tert-OH is 2. The minimum Gasteiger partial charge on any atom is -0.457 e.